The quantitative estimate of drug-likeness (QED) is 0.711. The Hall–Kier alpha value is -0.386. The summed E-state index contributed by atoms with van der Waals surface area (Å²) in [6.07, 6.45) is 1.16. The predicted octanol–water partition coefficient (Wildman–Crippen LogP) is 4.29. The first-order valence-corrected chi connectivity index (χ1v) is 12.5. The molecule has 0 aliphatic rings. The second-order valence-corrected chi connectivity index (χ2v) is 15.0. The standard InChI is InChI=1S/C13H24OSi2/c1-15(2,3)14-16(4,5)12-11-13-9-7-6-8-10-13/h6-10H,11-12H2,1-5H3. The SMILES string of the molecule is C[Si](C)(C)O[Si](C)(C)CCc1ccccc1. The van der Waals surface area contributed by atoms with Gasteiger partial charge in [-0.1, -0.05) is 30.3 Å². The van der Waals surface area contributed by atoms with Crippen molar-refractivity contribution in [1.82, 2.24) is 0 Å². The molecule has 90 valence electrons. The Bertz CT molecular complexity index is 314. The monoisotopic (exact) mass is 252 g/mol. The van der Waals surface area contributed by atoms with Crippen molar-refractivity contribution in [3.63, 3.8) is 0 Å². The van der Waals surface area contributed by atoms with Gasteiger partial charge in [-0.25, -0.2) is 0 Å². The summed E-state index contributed by atoms with van der Waals surface area (Å²) < 4.78 is 6.32. The van der Waals surface area contributed by atoms with Gasteiger partial charge in [-0.3, -0.25) is 0 Å². The van der Waals surface area contributed by atoms with Crippen LogP contribution in [0.3, 0.4) is 0 Å². The molecule has 0 heterocycles. The van der Waals surface area contributed by atoms with Crippen molar-refractivity contribution in [2.45, 2.75) is 45.2 Å². The first-order chi connectivity index (χ1) is 7.29. The fourth-order valence-electron chi connectivity index (χ4n) is 1.97. The van der Waals surface area contributed by atoms with E-state index in [1.807, 2.05) is 0 Å². The molecule has 0 spiro atoms. The number of rotatable bonds is 5. The van der Waals surface area contributed by atoms with E-state index in [2.05, 4.69) is 63.1 Å². The molecule has 0 saturated heterocycles. The lowest BCUT2D eigenvalue weighted by Crippen LogP contribution is -2.42. The van der Waals surface area contributed by atoms with Crippen LogP contribution >= 0.6 is 0 Å². The minimum absolute atomic E-state index is 1.16. The molecule has 0 bridgehead atoms. The molecule has 0 amide bonds. The Morgan fingerprint density at radius 1 is 0.938 bits per heavy atom. The third-order valence-corrected chi connectivity index (χ3v) is 8.55. The van der Waals surface area contributed by atoms with E-state index in [-0.39, 0.29) is 0 Å². The van der Waals surface area contributed by atoms with Crippen molar-refractivity contribution in [1.29, 1.82) is 0 Å². The van der Waals surface area contributed by atoms with Gasteiger partial charge in [0.15, 0.2) is 16.6 Å². The first kappa shape index (κ1) is 13.7. The lowest BCUT2D eigenvalue weighted by molar-refractivity contribution is 0.547. The molecule has 0 saturated carbocycles. The highest BCUT2D eigenvalue weighted by Gasteiger charge is 2.28. The van der Waals surface area contributed by atoms with Gasteiger partial charge in [-0.05, 0) is 50.8 Å². The maximum Gasteiger partial charge on any atom is 0.173 e. The fourth-order valence-corrected chi connectivity index (χ4v) is 9.90. The highest BCUT2D eigenvalue weighted by molar-refractivity contribution is 6.84. The summed E-state index contributed by atoms with van der Waals surface area (Å²) in [7, 11) is -2.83. The van der Waals surface area contributed by atoms with E-state index in [9.17, 15) is 0 Å². The number of benzene rings is 1. The summed E-state index contributed by atoms with van der Waals surface area (Å²) in [4.78, 5) is 0. The molecule has 0 aromatic heterocycles. The second kappa shape index (κ2) is 5.30. The summed E-state index contributed by atoms with van der Waals surface area (Å²) in [6, 6.07) is 11.9. The van der Waals surface area contributed by atoms with E-state index in [0.717, 1.165) is 6.42 Å². The zero-order chi connectivity index (χ0) is 12.2. The topological polar surface area (TPSA) is 9.23 Å². The highest BCUT2D eigenvalue weighted by atomic mass is 28.4. The van der Waals surface area contributed by atoms with Gasteiger partial charge in [0.25, 0.3) is 0 Å². The Morgan fingerprint density at radius 2 is 1.50 bits per heavy atom. The van der Waals surface area contributed by atoms with Crippen molar-refractivity contribution in [3.05, 3.63) is 35.9 Å². The molecule has 16 heavy (non-hydrogen) atoms. The summed E-state index contributed by atoms with van der Waals surface area (Å²) >= 11 is 0. The van der Waals surface area contributed by atoms with Crippen LogP contribution in [0.5, 0.6) is 0 Å². The van der Waals surface area contributed by atoms with Gasteiger partial charge in [0.1, 0.15) is 0 Å². The molecular weight excluding hydrogens is 228 g/mol. The van der Waals surface area contributed by atoms with Crippen LogP contribution in [0, 0.1) is 0 Å². The fraction of sp³-hybridized carbons (Fsp3) is 0.538. The van der Waals surface area contributed by atoms with Crippen LogP contribution in [-0.4, -0.2) is 16.6 Å². The minimum atomic E-state index is -1.46. The van der Waals surface area contributed by atoms with E-state index in [0.29, 0.717) is 0 Å². The maximum absolute atomic E-state index is 6.32. The normalized spacial score (nSPS) is 12.8. The van der Waals surface area contributed by atoms with Crippen LogP contribution in [0.2, 0.25) is 38.8 Å². The van der Waals surface area contributed by atoms with Crippen molar-refractivity contribution >= 4 is 16.6 Å². The summed E-state index contributed by atoms with van der Waals surface area (Å²) in [5, 5.41) is 0. The zero-order valence-corrected chi connectivity index (χ0v) is 13.2. The average Bonchev–Trinajstić information content (AvgIpc) is 2.13. The van der Waals surface area contributed by atoms with Crippen molar-refractivity contribution in [3.8, 4) is 0 Å². The van der Waals surface area contributed by atoms with Gasteiger partial charge in [0.2, 0.25) is 0 Å². The van der Waals surface area contributed by atoms with Gasteiger partial charge < -0.3 is 4.12 Å². The molecule has 1 nitrogen and oxygen atoms in total. The minimum Gasteiger partial charge on any atom is -0.456 e. The van der Waals surface area contributed by atoms with E-state index < -0.39 is 16.6 Å². The lowest BCUT2D eigenvalue weighted by atomic mass is 10.2. The van der Waals surface area contributed by atoms with E-state index >= 15 is 0 Å². The zero-order valence-electron chi connectivity index (χ0n) is 11.2. The molecule has 3 heteroatoms. The molecule has 0 unspecified atom stereocenters. The third kappa shape index (κ3) is 5.63. The van der Waals surface area contributed by atoms with Crippen LogP contribution in [0.1, 0.15) is 5.56 Å². The van der Waals surface area contributed by atoms with Gasteiger partial charge >= 0.3 is 0 Å². The van der Waals surface area contributed by atoms with Gasteiger partial charge in [-0.15, -0.1) is 0 Å². The molecule has 0 N–H and O–H groups in total. The molecule has 0 atom stereocenters. The summed E-state index contributed by atoms with van der Waals surface area (Å²) in [6.45, 7) is 11.5. The third-order valence-electron chi connectivity index (χ3n) is 2.44. The number of aryl methyl sites for hydroxylation is 1. The Kier molecular flexibility index (Phi) is 4.53. The molecule has 1 aromatic carbocycles. The predicted molar refractivity (Wildman–Crippen MR) is 76.9 cm³/mol. The smallest absolute Gasteiger partial charge is 0.173 e. The molecule has 1 rings (SSSR count). The molecule has 0 fully saturated rings. The van der Waals surface area contributed by atoms with Crippen molar-refractivity contribution in [2.24, 2.45) is 0 Å². The van der Waals surface area contributed by atoms with Crippen molar-refractivity contribution in [2.75, 3.05) is 0 Å². The Balaban J connectivity index is 2.48. The van der Waals surface area contributed by atoms with Gasteiger partial charge in [0.05, 0.1) is 0 Å². The number of hydrogen-bond donors (Lipinski definition) is 0. The van der Waals surface area contributed by atoms with E-state index in [4.69, 9.17) is 4.12 Å². The summed E-state index contributed by atoms with van der Waals surface area (Å²) in [5.74, 6) is 0. The maximum atomic E-state index is 6.32. The van der Waals surface area contributed by atoms with Crippen LogP contribution in [0.25, 0.3) is 0 Å². The van der Waals surface area contributed by atoms with Crippen LogP contribution in [0.15, 0.2) is 30.3 Å². The molecule has 0 aliphatic heterocycles. The highest BCUT2D eigenvalue weighted by Crippen LogP contribution is 2.20. The van der Waals surface area contributed by atoms with E-state index in [1.165, 1.54) is 11.6 Å². The van der Waals surface area contributed by atoms with Crippen molar-refractivity contribution < 1.29 is 4.12 Å². The number of hydrogen-bond acceptors (Lipinski definition) is 1. The van der Waals surface area contributed by atoms with E-state index in [1.54, 1.807) is 0 Å². The average molecular weight is 253 g/mol. The van der Waals surface area contributed by atoms with Gasteiger partial charge in [0, 0.05) is 0 Å². The second-order valence-electron chi connectivity index (χ2n) is 5.96. The van der Waals surface area contributed by atoms with Gasteiger partial charge in [-0.2, -0.15) is 0 Å². The summed E-state index contributed by atoms with van der Waals surface area (Å²) in [5.41, 5.74) is 1.43. The van der Waals surface area contributed by atoms with Crippen LogP contribution in [0.4, 0.5) is 0 Å². The molecule has 1 aromatic rings. The first-order valence-electron chi connectivity index (χ1n) is 6.03. The Labute approximate surface area is 102 Å². The van der Waals surface area contributed by atoms with Crippen LogP contribution in [-0.2, 0) is 10.5 Å². The molecule has 0 aliphatic carbocycles. The molecule has 0 radical (unpaired) electrons. The van der Waals surface area contributed by atoms with Crippen LogP contribution < -0.4 is 0 Å². The Morgan fingerprint density at radius 3 is 2.00 bits per heavy atom. The lowest BCUT2D eigenvalue weighted by Gasteiger charge is -2.31. The molecular formula is C13H24OSi2. The largest absolute Gasteiger partial charge is 0.456 e.